The number of nitrogens with zero attached hydrogens (tertiary/aromatic N) is 1. The molecule has 0 heterocycles. The Labute approximate surface area is 243 Å². The Morgan fingerprint density at radius 2 is 1.75 bits per heavy atom. The molecule has 6 rings (SSSR count). The summed E-state index contributed by atoms with van der Waals surface area (Å²) >= 11 is 0. The molecule has 5 aliphatic rings. The Morgan fingerprint density at radius 1 is 0.950 bits per heavy atom. The molecule has 0 radical (unpaired) electrons. The second-order valence-electron chi connectivity index (χ2n) is 14.9. The third kappa shape index (κ3) is 5.53. The second-order valence-corrected chi connectivity index (χ2v) is 14.9. The maximum absolute atomic E-state index is 12.3. The molecule has 0 aliphatic heterocycles. The maximum Gasteiger partial charge on any atom is 0.133 e. The first kappa shape index (κ1) is 28.7. The number of carbonyl (C=O) groups is 1. The van der Waals surface area contributed by atoms with Gasteiger partial charge in [-0.2, -0.15) is 0 Å². The van der Waals surface area contributed by atoms with Crippen molar-refractivity contribution in [2.24, 2.45) is 34.5 Å². The van der Waals surface area contributed by atoms with Gasteiger partial charge in [0.2, 0.25) is 0 Å². The highest BCUT2D eigenvalue weighted by atomic mass is 16.5. The zero-order valence-corrected chi connectivity index (χ0v) is 25.4. The van der Waals surface area contributed by atoms with E-state index in [0.29, 0.717) is 41.6 Å². The lowest BCUT2D eigenvalue weighted by atomic mass is 9.44. The number of ether oxygens (including phenoxy) is 1. The number of Topliss-reactive ketones (excluding diaryl/α,β-unsaturated/α-hetero) is 1. The number of hydrogen-bond donors (Lipinski definition) is 1. The van der Waals surface area contributed by atoms with E-state index in [1.54, 1.807) is 0 Å². The number of hydrogen-bond acceptors (Lipinski definition) is 4. The van der Waals surface area contributed by atoms with Gasteiger partial charge < -0.3 is 9.84 Å². The first-order chi connectivity index (χ1) is 19.4. The van der Waals surface area contributed by atoms with Crippen LogP contribution in [0.2, 0.25) is 0 Å². The minimum absolute atomic E-state index is 0.0187. The van der Waals surface area contributed by atoms with Gasteiger partial charge in [0.1, 0.15) is 11.5 Å². The average molecular weight is 550 g/mol. The van der Waals surface area contributed by atoms with E-state index < -0.39 is 0 Å². The van der Waals surface area contributed by atoms with Crippen LogP contribution in [0.5, 0.6) is 5.75 Å². The molecule has 0 aromatic heterocycles. The van der Waals surface area contributed by atoms with Gasteiger partial charge in [-0.05, 0) is 118 Å². The summed E-state index contributed by atoms with van der Waals surface area (Å²) in [6.07, 6.45) is 20.0. The SMILES string of the molecule is CN(Cc1cccc(OCC[C@]23CCC4C(CCC5CC(=O)CC[C@@]54C)C2CC[C@@H]3O)c1)C1CCCCCCC1. The summed E-state index contributed by atoms with van der Waals surface area (Å²) in [5.74, 6) is 4.13. The molecular weight excluding hydrogens is 494 g/mol. The van der Waals surface area contributed by atoms with Crippen molar-refractivity contribution >= 4 is 5.78 Å². The fraction of sp³-hybridized carbons (Fsp3) is 0.806. The van der Waals surface area contributed by atoms with Crippen LogP contribution in [0.3, 0.4) is 0 Å². The number of carbonyl (C=O) groups excluding carboxylic acids is 1. The fourth-order valence-corrected chi connectivity index (χ4v) is 10.7. The summed E-state index contributed by atoms with van der Waals surface area (Å²) in [5.41, 5.74) is 1.69. The molecule has 4 unspecified atom stereocenters. The monoisotopic (exact) mass is 549 g/mol. The molecule has 0 bridgehead atoms. The van der Waals surface area contributed by atoms with Crippen LogP contribution >= 0.6 is 0 Å². The van der Waals surface area contributed by atoms with Gasteiger partial charge in [-0.15, -0.1) is 0 Å². The summed E-state index contributed by atoms with van der Waals surface area (Å²) in [5, 5.41) is 11.4. The predicted molar refractivity (Wildman–Crippen MR) is 161 cm³/mol. The van der Waals surface area contributed by atoms with Crippen molar-refractivity contribution < 1.29 is 14.6 Å². The van der Waals surface area contributed by atoms with Crippen molar-refractivity contribution in [1.82, 2.24) is 4.90 Å². The van der Waals surface area contributed by atoms with Crippen LogP contribution in [0.1, 0.15) is 122 Å². The molecule has 1 N–H and O–H groups in total. The van der Waals surface area contributed by atoms with E-state index in [4.69, 9.17) is 4.74 Å². The van der Waals surface area contributed by atoms with E-state index in [2.05, 4.69) is 43.1 Å². The first-order valence-electron chi connectivity index (χ1n) is 17.0. The Hall–Kier alpha value is -1.39. The van der Waals surface area contributed by atoms with Crippen molar-refractivity contribution in [2.45, 2.75) is 135 Å². The van der Waals surface area contributed by atoms with Gasteiger partial charge in [-0.1, -0.05) is 51.2 Å². The molecule has 4 nitrogen and oxygen atoms in total. The average Bonchev–Trinajstić information content (AvgIpc) is 3.25. The highest BCUT2D eigenvalue weighted by Crippen LogP contribution is 2.66. The first-order valence-corrected chi connectivity index (χ1v) is 17.0. The van der Waals surface area contributed by atoms with E-state index >= 15 is 0 Å². The highest BCUT2D eigenvalue weighted by Gasteiger charge is 2.61. The molecule has 5 saturated carbocycles. The van der Waals surface area contributed by atoms with E-state index in [0.717, 1.165) is 56.7 Å². The number of aliphatic hydroxyl groups is 1. The van der Waals surface area contributed by atoms with Crippen molar-refractivity contribution in [3.05, 3.63) is 29.8 Å². The van der Waals surface area contributed by atoms with E-state index in [-0.39, 0.29) is 11.5 Å². The molecule has 222 valence electrons. The molecule has 0 amide bonds. The zero-order valence-electron chi connectivity index (χ0n) is 25.4. The van der Waals surface area contributed by atoms with Crippen molar-refractivity contribution in [1.29, 1.82) is 0 Å². The second kappa shape index (κ2) is 12.1. The highest BCUT2D eigenvalue weighted by molar-refractivity contribution is 5.79. The summed E-state index contributed by atoms with van der Waals surface area (Å²) in [7, 11) is 2.30. The lowest BCUT2D eigenvalue weighted by Crippen LogP contribution is -2.55. The molecule has 1 aromatic carbocycles. The Kier molecular flexibility index (Phi) is 8.67. The molecule has 5 fully saturated rings. The fourth-order valence-electron chi connectivity index (χ4n) is 10.7. The topological polar surface area (TPSA) is 49.8 Å². The molecular formula is C36H55NO3. The number of fused-ring (bicyclic) bond motifs is 5. The third-order valence-electron chi connectivity index (χ3n) is 13.0. The summed E-state index contributed by atoms with van der Waals surface area (Å²) in [4.78, 5) is 14.8. The maximum atomic E-state index is 12.3. The summed E-state index contributed by atoms with van der Waals surface area (Å²) in [6.45, 7) is 4.20. The quantitative estimate of drug-likeness (QED) is 0.375. The van der Waals surface area contributed by atoms with Crippen LogP contribution in [0, 0.1) is 34.5 Å². The van der Waals surface area contributed by atoms with Crippen molar-refractivity contribution in [3.63, 3.8) is 0 Å². The number of aliphatic hydroxyl groups excluding tert-OH is 1. The molecule has 40 heavy (non-hydrogen) atoms. The van der Waals surface area contributed by atoms with Gasteiger partial charge in [-0.3, -0.25) is 9.69 Å². The molecule has 4 heteroatoms. The summed E-state index contributed by atoms with van der Waals surface area (Å²) in [6, 6.07) is 9.47. The minimum atomic E-state index is -0.190. The lowest BCUT2D eigenvalue weighted by molar-refractivity contribution is -0.145. The van der Waals surface area contributed by atoms with Crippen LogP contribution in [0.15, 0.2) is 24.3 Å². The number of ketones is 1. The van der Waals surface area contributed by atoms with E-state index in [1.165, 1.54) is 76.2 Å². The van der Waals surface area contributed by atoms with E-state index in [9.17, 15) is 9.90 Å². The standard InChI is InChI=1S/C36H55NO3/c1-35-19-17-29(38)24-27(35)13-14-31-32(35)18-20-36(33(31)15-16-34(36)39)21-22-40-30-12-8-9-26(23-30)25-37(2)28-10-6-4-3-5-7-11-28/h8-9,12,23,27-28,31-34,39H,3-7,10-11,13-22,24-25H2,1-2H3/t27?,31?,32?,33?,34-,35-,36+/m0/s1. The number of benzene rings is 1. The lowest BCUT2D eigenvalue weighted by Gasteiger charge is -2.60. The van der Waals surface area contributed by atoms with Crippen LogP contribution < -0.4 is 4.74 Å². The van der Waals surface area contributed by atoms with Crippen molar-refractivity contribution in [2.75, 3.05) is 13.7 Å². The van der Waals surface area contributed by atoms with Crippen LogP contribution in [-0.4, -0.2) is 41.6 Å². The molecule has 7 atom stereocenters. The Morgan fingerprint density at radius 3 is 2.58 bits per heavy atom. The van der Waals surface area contributed by atoms with Gasteiger partial charge in [0.25, 0.3) is 0 Å². The smallest absolute Gasteiger partial charge is 0.133 e. The minimum Gasteiger partial charge on any atom is -0.494 e. The Balaban J connectivity index is 1.07. The molecule has 1 aromatic rings. The predicted octanol–water partition coefficient (Wildman–Crippen LogP) is 7.95. The molecule has 0 saturated heterocycles. The van der Waals surface area contributed by atoms with Gasteiger partial charge in [0.15, 0.2) is 0 Å². The normalized spacial score (nSPS) is 38.7. The largest absolute Gasteiger partial charge is 0.494 e. The van der Waals surface area contributed by atoms with Crippen LogP contribution in [0.4, 0.5) is 0 Å². The number of rotatable bonds is 7. The third-order valence-corrected chi connectivity index (χ3v) is 13.0. The van der Waals surface area contributed by atoms with Crippen LogP contribution in [-0.2, 0) is 11.3 Å². The van der Waals surface area contributed by atoms with Crippen molar-refractivity contribution in [3.8, 4) is 5.75 Å². The van der Waals surface area contributed by atoms with Gasteiger partial charge >= 0.3 is 0 Å². The van der Waals surface area contributed by atoms with Gasteiger partial charge in [0, 0.05) is 30.8 Å². The summed E-state index contributed by atoms with van der Waals surface area (Å²) < 4.78 is 6.45. The molecule has 5 aliphatic carbocycles. The van der Waals surface area contributed by atoms with E-state index in [1.807, 2.05) is 0 Å². The zero-order chi connectivity index (χ0) is 27.7. The van der Waals surface area contributed by atoms with Gasteiger partial charge in [-0.25, -0.2) is 0 Å². The molecule has 0 spiro atoms. The Bertz CT molecular complexity index is 1020. The van der Waals surface area contributed by atoms with Crippen LogP contribution in [0.25, 0.3) is 0 Å². The van der Waals surface area contributed by atoms with Gasteiger partial charge in [0.05, 0.1) is 12.7 Å².